The Morgan fingerprint density at radius 2 is 1.50 bits per heavy atom. The highest BCUT2D eigenvalue weighted by molar-refractivity contribution is 5.67. The molecule has 3 aromatic rings. The number of aromatic nitrogens is 4. The number of nitrogens with zero attached hydrogens (tertiary/aromatic N) is 3. The van der Waals surface area contributed by atoms with Gasteiger partial charge >= 0.3 is 0 Å². The number of nitrogens with one attached hydrogen (secondary N) is 1. The van der Waals surface area contributed by atoms with Crippen LogP contribution in [-0.2, 0) is 0 Å². The number of rotatable bonds is 4. The highest BCUT2D eigenvalue weighted by Gasteiger charge is 2.03. The fourth-order valence-corrected chi connectivity index (χ4v) is 2.01. The Balaban J connectivity index is 1.83. The van der Waals surface area contributed by atoms with Crippen LogP contribution in [0.5, 0.6) is 5.75 Å². The number of H-pyrrole nitrogens is 1. The minimum absolute atomic E-state index is 0.600. The summed E-state index contributed by atoms with van der Waals surface area (Å²) in [7, 11) is 0. The van der Waals surface area contributed by atoms with Gasteiger partial charge in [-0.1, -0.05) is 36.4 Å². The normalized spacial score (nSPS) is 10.4. The van der Waals surface area contributed by atoms with Gasteiger partial charge in [0.05, 0.1) is 6.61 Å². The average Bonchev–Trinajstić information content (AvgIpc) is 3.03. The van der Waals surface area contributed by atoms with Crippen LogP contribution in [-0.4, -0.2) is 27.2 Å². The first-order chi connectivity index (χ1) is 9.86. The molecule has 0 aliphatic rings. The van der Waals surface area contributed by atoms with Crippen molar-refractivity contribution in [3.05, 3.63) is 48.5 Å². The fraction of sp³-hybridized carbons (Fsp3) is 0.133. The van der Waals surface area contributed by atoms with Crippen LogP contribution >= 0.6 is 0 Å². The number of hydrogen-bond acceptors (Lipinski definition) is 4. The molecular formula is C15H14N4O. The van der Waals surface area contributed by atoms with Crippen molar-refractivity contribution in [1.29, 1.82) is 0 Å². The van der Waals surface area contributed by atoms with Gasteiger partial charge in [-0.25, -0.2) is 0 Å². The van der Waals surface area contributed by atoms with E-state index in [0.29, 0.717) is 12.4 Å². The zero-order valence-corrected chi connectivity index (χ0v) is 11.1. The summed E-state index contributed by atoms with van der Waals surface area (Å²) in [4.78, 5) is 0. The lowest BCUT2D eigenvalue weighted by Gasteiger charge is -2.05. The van der Waals surface area contributed by atoms with Gasteiger partial charge in [0.15, 0.2) is 0 Å². The SMILES string of the molecule is CCOc1ccc(-c2ccc(-c3nn[nH]n3)cc2)cc1. The number of tetrazole rings is 1. The molecule has 0 fully saturated rings. The van der Waals surface area contributed by atoms with Crippen molar-refractivity contribution >= 4 is 0 Å². The second kappa shape index (κ2) is 5.52. The zero-order chi connectivity index (χ0) is 13.8. The van der Waals surface area contributed by atoms with E-state index in [0.717, 1.165) is 22.4 Å². The highest BCUT2D eigenvalue weighted by atomic mass is 16.5. The molecule has 0 spiro atoms. The maximum Gasteiger partial charge on any atom is 0.204 e. The first-order valence-electron chi connectivity index (χ1n) is 6.44. The lowest BCUT2D eigenvalue weighted by molar-refractivity contribution is 0.340. The van der Waals surface area contributed by atoms with E-state index in [-0.39, 0.29) is 0 Å². The molecule has 1 N–H and O–H groups in total. The van der Waals surface area contributed by atoms with Crippen LogP contribution in [0.4, 0.5) is 0 Å². The highest BCUT2D eigenvalue weighted by Crippen LogP contribution is 2.24. The summed E-state index contributed by atoms with van der Waals surface area (Å²) in [5, 5.41) is 13.9. The summed E-state index contributed by atoms with van der Waals surface area (Å²) in [6.07, 6.45) is 0. The molecule has 1 aromatic heterocycles. The van der Waals surface area contributed by atoms with E-state index in [9.17, 15) is 0 Å². The van der Waals surface area contributed by atoms with E-state index in [1.54, 1.807) is 0 Å². The van der Waals surface area contributed by atoms with Gasteiger partial charge in [0.2, 0.25) is 5.82 Å². The van der Waals surface area contributed by atoms with Gasteiger partial charge in [-0.05, 0) is 35.4 Å². The van der Waals surface area contributed by atoms with Gasteiger partial charge in [0, 0.05) is 5.56 Å². The minimum atomic E-state index is 0.600. The molecule has 5 nitrogen and oxygen atoms in total. The summed E-state index contributed by atoms with van der Waals surface area (Å²) in [6, 6.07) is 16.1. The predicted molar refractivity (Wildman–Crippen MR) is 76.2 cm³/mol. The van der Waals surface area contributed by atoms with E-state index in [1.165, 1.54) is 0 Å². The van der Waals surface area contributed by atoms with Gasteiger partial charge in [0.25, 0.3) is 0 Å². The molecule has 20 heavy (non-hydrogen) atoms. The Morgan fingerprint density at radius 1 is 0.900 bits per heavy atom. The van der Waals surface area contributed by atoms with Gasteiger partial charge in [0.1, 0.15) is 5.75 Å². The van der Waals surface area contributed by atoms with Crippen molar-refractivity contribution in [2.45, 2.75) is 6.92 Å². The molecule has 0 saturated heterocycles. The van der Waals surface area contributed by atoms with Gasteiger partial charge in [-0.3, -0.25) is 0 Å². The van der Waals surface area contributed by atoms with E-state index in [2.05, 4.69) is 20.6 Å². The Labute approximate surface area is 116 Å². The molecule has 0 amide bonds. The maximum absolute atomic E-state index is 5.44. The predicted octanol–water partition coefficient (Wildman–Crippen LogP) is 2.93. The summed E-state index contributed by atoms with van der Waals surface area (Å²) >= 11 is 0. The van der Waals surface area contributed by atoms with Crippen LogP contribution in [0.15, 0.2) is 48.5 Å². The van der Waals surface area contributed by atoms with E-state index in [4.69, 9.17) is 4.74 Å². The molecule has 0 bridgehead atoms. The number of aromatic amines is 1. The molecule has 0 unspecified atom stereocenters. The van der Waals surface area contributed by atoms with Gasteiger partial charge in [-0.15, -0.1) is 10.2 Å². The topological polar surface area (TPSA) is 63.7 Å². The van der Waals surface area contributed by atoms with Crippen LogP contribution in [0.1, 0.15) is 6.92 Å². The van der Waals surface area contributed by atoms with E-state index < -0.39 is 0 Å². The molecule has 0 radical (unpaired) electrons. The summed E-state index contributed by atoms with van der Waals surface area (Å²) in [6.45, 7) is 2.66. The second-order valence-corrected chi connectivity index (χ2v) is 4.27. The van der Waals surface area contributed by atoms with Gasteiger partial charge < -0.3 is 4.74 Å². The Bertz CT molecular complexity index is 660. The second-order valence-electron chi connectivity index (χ2n) is 4.27. The van der Waals surface area contributed by atoms with Crippen LogP contribution in [0, 0.1) is 0 Å². The van der Waals surface area contributed by atoms with E-state index in [1.807, 2.05) is 55.5 Å². The number of ether oxygens (including phenoxy) is 1. The van der Waals surface area contributed by atoms with Crippen LogP contribution < -0.4 is 4.74 Å². The molecule has 0 atom stereocenters. The monoisotopic (exact) mass is 266 g/mol. The van der Waals surface area contributed by atoms with Crippen LogP contribution in [0.25, 0.3) is 22.5 Å². The molecule has 0 aliphatic heterocycles. The minimum Gasteiger partial charge on any atom is -0.494 e. The standard InChI is InChI=1S/C15H14N4O/c1-2-20-14-9-7-12(8-10-14)11-3-5-13(6-4-11)15-16-18-19-17-15/h3-10H,2H2,1H3,(H,16,17,18,19). The third kappa shape index (κ3) is 2.51. The summed E-state index contributed by atoms with van der Waals surface area (Å²) in [5.74, 6) is 1.49. The average molecular weight is 266 g/mol. The summed E-state index contributed by atoms with van der Waals surface area (Å²) < 4.78 is 5.44. The summed E-state index contributed by atoms with van der Waals surface area (Å²) in [5.41, 5.74) is 3.22. The third-order valence-corrected chi connectivity index (χ3v) is 2.99. The van der Waals surface area contributed by atoms with Crippen molar-refractivity contribution in [1.82, 2.24) is 20.6 Å². The molecule has 3 rings (SSSR count). The van der Waals surface area contributed by atoms with Crippen molar-refractivity contribution in [3.8, 4) is 28.3 Å². The largest absolute Gasteiger partial charge is 0.494 e. The molecule has 2 aromatic carbocycles. The first kappa shape index (κ1) is 12.3. The maximum atomic E-state index is 5.44. The van der Waals surface area contributed by atoms with Crippen LogP contribution in [0.2, 0.25) is 0 Å². The third-order valence-electron chi connectivity index (χ3n) is 2.99. The molecular weight excluding hydrogens is 252 g/mol. The fourth-order valence-electron chi connectivity index (χ4n) is 2.01. The van der Waals surface area contributed by atoms with E-state index >= 15 is 0 Å². The molecule has 0 saturated carbocycles. The smallest absolute Gasteiger partial charge is 0.204 e. The van der Waals surface area contributed by atoms with Crippen molar-refractivity contribution < 1.29 is 4.74 Å². The first-order valence-corrected chi connectivity index (χ1v) is 6.44. The molecule has 100 valence electrons. The quantitative estimate of drug-likeness (QED) is 0.788. The Hall–Kier alpha value is -2.69. The number of benzene rings is 2. The van der Waals surface area contributed by atoms with Crippen molar-refractivity contribution in [2.24, 2.45) is 0 Å². The lowest BCUT2D eigenvalue weighted by Crippen LogP contribution is -1.90. The Morgan fingerprint density at radius 3 is 2.05 bits per heavy atom. The number of hydrogen-bond donors (Lipinski definition) is 1. The van der Waals surface area contributed by atoms with Crippen molar-refractivity contribution in [2.75, 3.05) is 6.61 Å². The van der Waals surface area contributed by atoms with Gasteiger partial charge in [-0.2, -0.15) is 5.21 Å². The molecule has 1 heterocycles. The lowest BCUT2D eigenvalue weighted by atomic mass is 10.0. The zero-order valence-electron chi connectivity index (χ0n) is 11.1. The Kier molecular flexibility index (Phi) is 3.41. The molecule has 0 aliphatic carbocycles. The van der Waals surface area contributed by atoms with Crippen LogP contribution in [0.3, 0.4) is 0 Å². The molecule has 5 heteroatoms. The van der Waals surface area contributed by atoms with Crippen molar-refractivity contribution in [3.63, 3.8) is 0 Å².